The molecule has 2 heterocycles. The first-order valence-electron chi connectivity index (χ1n) is 12.5. The number of carbonyl (C=O) groups excluding carboxylic acids is 5. The molecule has 4 amide bonds. The monoisotopic (exact) mass is 534 g/mol. The molecular formula is C25H34N4O7S. The first-order valence-corrected chi connectivity index (χ1v) is 13.6. The van der Waals surface area contributed by atoms with E-state index in [0.29, 0.717) is 37.2 Å². The Balaban J connectivity index is 1.24. The number of carbonyl (C=O) groups is 5. The van der Waals surface area contributed by atoms with E-state index in [1.165, 1.54) is 18.2 Å². The molecule has 202 valence electrons. The SMILES string of the molecule is CCOc1ccc(C(=O)C=O)cc1C(=O)NCCOCCNC(=O)CCCCC1SCC2NC(=O)NC21. The molecule has 11 nitrogen and oxygen atoms in total. The van der Waals surface area contributed by atoms with Gasteiger partial charge < -0.3 is 30.7 Å². The highest BCUT2D eigenvalue weighted by molar-refractivity contribution is 8.00. The van der Waals surface area contributed by atoms with Crippen LogP contribution in [0.3, 0.4) is 0 Å². The van der Waals surface area contributed by atoms with E-state index in [2.05, 4.69) is 21.3 Å². The summed E-state index contributed by atoms with van der Waals surface area (Å²) >= 11 is 1.87. The molecule has 4 N–H and O–H groups in total. The van der Waals surface area contributed by atoms with Gasteiger partial charge in [-0.15, -0.1) is 0 Å². The minimum absolute atomic E-state index is 0.0297. The normalized spacial score (nSPS) is 19.9. The number of unbranched alkanes of at least 4 members (excludes halogenated alkanes) is 1. The molecule has 12 heteroatoms. The van der Waals surface area contributed by atoms with Crippen molar-refractivity contribution < 1.29 is 33.4 Å². The summed E-state index contributed by atoms with van der Waals surface area (Å²) in [6.07, 6.45) is 3.33. The van der Waals surface area contributed by atoms with Crippen LogP contribution >= 0.6 is 11.8 Å². The number of ketones is 1. The number of nitrogens with one attached hydrogen (secondary N) is 4. The van der Waals surface area contributed by atoms with E-state index >= 15 is 0 Å². The number of fused-ring (bicyclic) bond motifs is 1. The molecule has 2 fully saturated rings. The molecule has 0 aliphatic carbocycles. The summed E-state index contributed by atoms with van der Waals surface area (Å²) in [5.74, 6) is 0.0591. The summed E-state index contributed by atoms with van der Waals surface area (Å²) in [5.41, 5.74) is 0.277. The van der Waals surface area contributed by atoms with Gasteiger partial charge in [0.05, 0.1) is 37.5 Å². The maximum atomic E-state index is 12.5. The lowest BCUT2D eigenvalue weighted by atomic mass is 10.0. The highest BCUT2D eigenvalue weighted by Gasteiger charge is 2.42. The number of Topliss-reactive ketones (excluding diaryl/α,β-unsaturated/α-hetero) is 1. The molecule has 0 bridgehead atoms. The third-order valence-corrected chi connectivity index (χ3v) is 7.61. The third-order valence-electron chi connectivity index (χ3n) is 6.10. The van der Waals surface area contributed by atoms with Gasteiger partial charge in [0.1, 0.15) is 5.75 Å². The Bertz CT molecular complexity index is 990. The van der Waals surface area contributed by atoms with E-state index in [-0.39, 0.29) is 54.6 Å². The number of ether oxygens (including phenoxy) is 2. The van der Waals surface area contributed by atoms with Crippen molar-refractivity contribution in [3.8, 4) is 5.75 Å². The third kappa shape index (κ3) is 8.46. The van der Waals surface area contributed by atoms with Gasteiger partial charge in [-0.25, -0.2) is 4.79 Å². The van der Waals surface area contributed by atoms with Crippen molar-refractivity contribution in [2.45, 2.75) is 49.9 Å². The van der Waals surface area contributed by atoms with E-state index in [9.17, 15) is 24.0 Å². The molecule has 1 aromatic carbocycles. The van der Waals surface area contributed by atoms with Gasteiger partial charge in [-0.05, 0) is 38.0 Å². The molecule has 0 radical (unpaired) electrons. The summed E-state index contributed by atoms with van der Waals surface area (Å²) in [5, 5.41) is 11.8. The second-order valence-electron chi connectivity index (χ2n) is 8.71. The Morgan fingerprint density at radius 1 is 1.14 bits per heavy atom. The molecule has 3 atom stereocenters. The van der Waals surface area contributed by atoms with Crippen molar-refractivity contribution in [3.05, 3.63) is 29.3 Å². The quantitative estimate of drug-likeness (QED) is 0.0808. The number of benzene rings is 1. The molecule has 2 aliphatic heterocycles. The lowest BCUT2D eigenvalue weighted by Gasteiger charge is -2.16. The van der Waals surface area contributed by atoms with Crippen molar-refractivity contribution in [1.82, 2.24) is 21.3 Å². The van der Waals surface area contributed by atoms with Crippen LogP contribution < -0.4 is 26.0 Å². The van der Waals surface area contributed by atoms with Crippen LogP contribution in [0.25, 0.3) is 0 Å². The molecule has 0 aromatic heterocycles. The zero-order valence-electron chi connectivity index (χ0n) is 20.9. The van der Waals surface area contributed by atoms with Crippen molar-refractivity contribution in [3.63, 3.8) is 0 Å². The maximum Gasteiger partial charge on any atom is 0.315 e. The van der Waals surface area contributed by atoms with Crippen LogP contribution in [-0.4, -0.2) is 85.9 Å². The molecule has 3 rings (SSSR count). The van der Waals surface area contributed by atoms with Gasteiger partial charge in [-0.2, -0.15) is 11.8 Å². The van der Waals surface area contributed by atoms with Crippen LogP contribution in [0.2, 0.25) is 0 Å². The fraction of sp³-hybridized carbons (Fsp3) is 0.560. The van der Waals surface area contributed by atoms with Gasteiger partial charge in [0.25, 0.3) is 5.91 Å². The molecular weight excluding hydrogens is 500 g/mol. The summed E-state index contributed by atoms with van der Waals surface area (Å²) in [7, 11) is 0. The van der Waals surface area contributed by atoms with Gasteiger partial charge in [0.2, 0.25) is 11.7 Å². The first kappa shape index (κ1) is 28.5. The number of thioether (sulfide) groups is 1. The number of urea groups is 1. The highest BCUT2D eigenvalue weighted by atomic mass is 32.2. The molecule has 0 spiro atoms. The Kier molecular flexibility index (Phi) is 11.2. The van der Waals surface area contributed by atoms with Crippen LogP contribution in [0.1, 0.15) is 53.3 Å². The summed E-state index contributed by atoms with van der Waals surface area (Å²) in [6.45, 7) is 3.26. The highest BCUT2D eigenvalue weighted by Crippen LogP contribution is 2.33. The van der Waals surface area contributed by atoms with E-state index in [1.54, 1.807) is 6.92 Å². The van der Waals surface area contributed by atoms with Gasteiger partial charge in [0, 0.05) is 36.1 Å². The van der Waals surface area contributed by atoms with E-state index in [4.69, 9.17) is 9.47 Å². The van der Waals surface area contributed by atoms with Crippen LogP contribution in [-0.2, 0) is 14.3 Å². The number of rotatable bonds is 16. The minimum Gasteiger partial charge on any atom is -0.493 e. The minimum atomic E-state index is -0.718. The van der Waals surface area contributed by atoms with E-state index in [1.807, 2.05) is 11.8 Å². The molecule has 37 heavy (non-hydrogen) atoms. The Morgan fingerprint density at radius 3 is 2.68 bits per heavy atom. The summed E-state index contributed by atoms with van der Waals surface area (Å²) < 4.78 is 10.9. The Morgan fingerprint density at radius 2 is 1.92 bits per heavy atom. The van der Waals surface area contributed by atoms with Crippen LogP contribution in [0, 0.1) is 0 Å². The predicted octanol–water partition coefficient (Wildman–Crippen LogP) is 1.06. The second kappa shape index (κ2) is 14.6. The van der Waals surface area contributed by atoms with Crippen molar-refractivity contribution in [1.29, 1.82) is 0 Å². The second-order valence-corrected chi connectivity index (χ2v) is 9.98. The average Bonchev–Trinajstić information content (AvgIpc) is 3.44. The largest absolute Gasteiger partial charge is 0.493 e. The number of hydrogen-bond acceptors (Lipinski definition) is 8. The number of aldehydes is 1. The van der Waals surface area contributed by atoms with Gasteiger partial charge >= 0.3 is 6.03 Å². The lowest BCUT2D eigenvalue weighted by molar-refractivity contribution is -0.121. The van der Waals surface area contributed by atoms with Crippen molar-refractivity contribution in [2.24, 2.45) is 0 Å². The molecule has 0 saturated carbocycles. The zero-order valence-corrected chi connectivity index (χ0v) is 21.7. The van der Waals surface area contributed by atoms with Crippen molar-refractivity contribution >= 4 is 41.7 Å². The number of amides is 4. The van der Waals surface area contributed by atoms with Crippen molar-refractivity contribution in [2.75, 3.05) is 38.7 Å². The zero-order chi connectivity index (χ0) is 26.6. The van der Waals surface area contributed by atoms with Crippen LogP contribution in [0.5, 0.6) is 5.75 Å². The van der Waals surface area contributed by atoms with E-state index in [0.717, 1.165) is 25.0 Å². The van der Waals surface area contributed by atoms with Gasteiger partial charge in [-0.1, -0.05) is 6.42 Å². The molecule has 2 saturated heterocycles. The maximum absolute atomic E-state index is 12.5. The van der Waals surface area contributed by atoms with Crippen LogP contribution in [0.15, 0.2) is 18.2 Å². The molecule has 1 aromatic rings. The Hall–Kier alpha value is -3.12. The standard InChI is InChI=1S/C25H34N4O7S/c1-2-36-20-8-7-16(19(31)14-30)13-17(20)24(33)27-10-12-35-11-9-26-22(32)6-4-3-5-21-23-18(15-37-21)28-25(34)29-23/h7-8,13-14,18,21,23H,2-6,9-12,15H2,1H3,(H,26,32)(H,27,33)(H2,28,29,34). The number of hydrogen-bond donors (Lipinski definition) is 4. The van der Waals surface area contributed by atoms with Gasteiger partial charge in [0.15, 0.2) is 6.29 Å². The topological polar surface area (TPSA) is 152 Å². The first-order chi connectivity index (χ1) is 17.9. The summed E-state index contributed by atoms with van der Waals surface area (Å²) in [4.78, 5) is 58.4. The summed E-state index contributed by atoms with van der Waals surface area (Å²) in [6, 6.07) is 4.59. The lowest BCUT2D eigenvalue weighted by Crippen LogP contribution is -2.36. The average molecular weight is 535 g/mol. The molecule has 2 aliphatic rings. The van der Waals surface area contributed by atoms with Crippen LogP contribution in [0.4, 0.5) is 4.79 Å². The smallest absolute Gasteiger partial charge is 0.315 e. The van der Waals surface area contributed by atoms with E-state index < -0.39 is 11.7 Å². The molecule has 3 unspecified atom stereocenters. The fourth-order valence-electron chi connectivity index (χ4n) is 4.27. The predicted molar refractivity (Wildman–Crippen MR) is 138 cm³/mol. The fourth-order valence-corrected chi connectivity index (χ4v) is 5.81. The Labute approximate surface area is 220 Å². The van der Waals surface area contributed by atoms with Gasteiger partial charge in [-0.3, -0.25) is 19.2 Å².